The Morgan fingerprint density at radius 1 is 1.20 bits per heavy atom. The van der Waals surface area contributed by atoms with E-state index in [1.807, 2.05) is 13.8 Å². The van der Waals surface area contributed by atoms with Crippen LogP contribution in [0.5, 0.6) is 5.75 Å². The lowest BCUT2D eigenvalue weighted by molar-refractivity contribution is -0.00832. The van der Waals surface area contributed by atoms with Crippen molar-refractivity contribution < 1.29 is 36.2 Å². The van der Waals surface area contributed by atoms with E-state index in [9.17, 15) is 26.7 Å². The van der Waals surface area contributed by atoms with E-state index >= 15 is 0 Å². The molecule has 0 saturated heterocycles. The lowest BCUT2D eigenvalue weighted by atomic mass is 10.0. The van der Waals surface area contributed by atoms with Crippen molar-refractivity contribution in [2.75, 3.05) is 44.3 Å². The van der Waals surface area contributed by atoms with Crippen LogP contribution in [0.25, 0.3) is 0 Å². The normalized spacial score (nSPS) is 22.5. The zero-order valence-corrected chi connectivity index (χ0v) is 26.6. The summed E-state index contributed by atoms with van der Waals surface area (Å²) in [6, 6.07) is 7.21. The predicted molar refractivity (Wildman–Crippen MR) is 159 cm³/mol. The number of hydrogen-bond donors (Lipinski definition) is 2. The Morgan fingerprint density at radius 2 is 1.93 bits per heavy atom. The molecule has 230 valence electrons. The molecule has 1 aliphatic rings. The molecule has 2 aromatic rings. The zero-order chi connectivity index (χ0) is 30.4. The number of carbonyl (C=O) groups is 1. The van der Waals surface area contributed by atoms with Gasteiger partial charge in [-0.25, -0.2) is 16.8 Å². The summed E-state index contributed by atoms with van der Waals surface area (Å²) >= 11 is 1.14. The van der Waals surface area contributed by atoms with Crippen molar-refractivity contribution in [3.63, 3.8) is 0 Å². The maximum atomic E-state index is 14.0. The quantitative estimate of drug-likeness (QED) is 0.452. The van der Waals surface area contributed by atoms with Gasteiger partial charge in [-0.15, -0.1) is 11.3 Å². The van der Waals surface area contributed by atoms with Crippen molar-refractivity contribution in [1.82, 2.24) is 9.21 Å². The molecule has 2 N–H and O–H groups in total. The Bertz CT molecular complexity index is 1370. The predicted octanol–water partition coefficient (Wildman–Crippen LogP) is 3.24. The van der Waals surface area contributed by atoms with Crippen LogP contribution in [-0.2, 0) is 24.8 Å². The van der Waals surface area contributed by atoms with Crippen molar-refractivity contribution in [2.45, 2.75) is 62.5 Å². The van der Waals surface area contributed by atoms with Crippen LogP contribution in [0.2, 0.25) is 0 Å². The van der Waals surface area contributed by atoms with Crippen LogP contribution < -0.4 is 9.46 Å². The van der Waals surface area contributed by atoms with Gasteiger partial charge in [0, 0.05) is 38.3 Å². The molecule has 0 unspecified atom stereocenters. The SMILES string of the molecule is C[C@@H]1CCCCO[C@H](CN(C)S(=O)(=O)c2cccs2)[C@@H](C)CN([C@@H](C)CO)C(=O)c2cc(NS(C)(=O)=O)ccc2O1. The number of amides is 1. The Morgan fingerprint density at radius 3 is 2.56 bits per heavy atom. The van der Waals surface area contributed by atoms with E-state index in [0.717, 1.165) is 30.4 Å². The molecule has 3 rings (SSSR count). The van der Waals surface area contributed by atoms with Gasteiger partial charge >= 0.3 is 0 Å². The minimum absolute atomic E-state index is 0.0788. The fourth-order valence-electron chi connectivity index (χ4n) is 4.58. The Labute approximate surface area is 247 Å². The van der Waals surface area contributed by atoms with Crippen LogP contribution in [0, 0.1) is 5.92 Å². The number of carbonyl (C=O) groups excluding carboxylic acids is 1. The molecule has 14 heteroatoms. The Hall–Kier alpha value is -2.23. The van der Waals surface area contributed by atoms with E-state index in [1.165, 1.54) is 22.3 Å². The van der Waals surface area contributed by atoms with Crippen LogP contribution in [0.4, 0.5) is 5.69 Å². The molecule has 0 bridgehead atoms. The average Bonchev–Trinajstić information content (AvgIpc) is 3.45. The molecule has 1 aromatic heterocycles. The Kier molecular flexibility index (Phi) is 11.6. The molecule has 41 heavy (non-hydrogen) atoms. The first-order chi connectivity index (χ1) is 19.2. The molecule has 1 aromatic carbocycles. The topological polar surface area (TPSA) is 143 Å². The number of ether oxygens (including phenoxy) is 2. The van der Waals surface area contributed by atoms with Gasteiger partial charge in [0.1, 0.15) is 9.96 Å². The third-order valence-corrected chi connectivity index (χ3v) is 10.8. The van der Waals surface area contributed by atoms with E-state index < -0.39 is 38.1 Å². The summed E-state index contributed by atoms with van der Waals surface area (Å²) in [7, 11) is -5.79. The first kappa shape index (κ1) is 33.3. The number of nitrogens with zero attached hydrogens (tertiary/aromatic N) is 2. The fourth-order valence-corrected chi connectivity index (χ4v) is 7.52. The molecule has 0 aliphatic carbocycles. The van der Waals surface area contributed by atoms with Crippen LogP contribution in [0.3, 0.4) is 0 Å². The fraction of sp³-hybridized carbons (Fsp3) is 0.593. The first-order valence-corrected chi connectivity index (χ1v) is 17.8. The van der Waals surface area contributed by atoms with Gasteiger partial charge in [-0.3, -0.25) is 9.52 Å². The highest BCUT2D eigenvalue weighted by molar-refractivity contribution is 7.92. The van der Waals surface area contributed by atoms with Crippen molar-refractivity contribution in [3.8, 4) is 5.75 Å². The van der Waals surface area contributed by atoms with Crippen molar-refractivity contribution in [3.05, 3.63) is 41.3 Å². The second kappa shape index (κ2) is 14.3. The van der Waals surface area contributed by atoms with Gasteiger partial charge < -0.3 is 19.5 Å². The van der Waals surface area contributed by atoms with Crippen LogP contribution in [-0.4, -0.2) is 94.9 Å². The lowest BCUT2D eigenvalue weighted by Crippen LogP contribution is -2.48. The molecule has 2 heterocycles. The van der Waals surface area contributed by atoms with E-state index in [2.05, 4.69) is 4.72 Å². The van der Waals surface area contributed by atoms with E-state index in [0.29, 0.717) is 18.8 Å². The van der Waals surface area contributed by atoms with Gasteiger partial charge in [0.2, 0.25) is 10.0 Å². The standard InChI is InChI=1S/C27H41N3O8S3/c1-19-16-30(20(2)18-31)27(32)23-15-22(28-40(5,33)34)11-12-24(23)38-21(3)9-6-7-13-37-25(19)17-29(4)41(35,36)26-10-8-14-39-26/h8,10-12,14-15,19-21,25,28,31H,6-7,9,13,16-18H2,1-5H3/t19-,20-,21+,25+/m0/s1. The summed E-state index contributed by atoms with van der Waals surface area (Å²) < 4.78 is 66.3. The largest absolute Gasteiger partial charge is 0.490 e. The average molecular weight is 632 g/mol. The van der Waals surface area contributed by atoms with Gasteiger partial charge in [0.25, 0.3) is 15.9 Å². The molecule has 0 fully saturated rings. The smallest absolute Gasteiger partial charge is 0.258 e. The molecular formula is C27H41N3O8S3. The van der Waals surface area contributed by atoms with Gasteiger partial charge in [0.15, 0.2) is 0 Å². The molecular weight excluding hydrogens is 591 g/mol. The molecule has 0 spiro atoms. The second-order valence-electron chi connectivity index (χ2n) is 10.6. The molecule has 1 aliphatic heterocycles. The summed E-state index contributed by atoms with van der Waals surface area (Å²) in [5.41, 5.74) is 0.369. The summed E-state index contributed by atoms with van der Waals surface area (Å²) in [4.78, 5) is 15.5. The number of thiophene rings is 1. The summed E-state index contributed by atoms with van der Waals surface area (Å²) in [5, 5.41) is 11.8. The first-order valence-electron chi connectivity index (χ1n) is 13.5. The van der Waals surface area contributed by atoms with Gasteiger partial charge in [-0.1, -0.05) is 13.0 Å². The minimum atomic E-state index is -3.71. The molecule has 4 atom stereocenters. The molecule has 0 radical (unpaired) electrons. The van der Waals surface area contributed by atoms with E-state index in [1.54, 1.807) is 36.6 Å². The highest BCUT2D eigenvalue weighted by atomic mass is 32.2. The molecule has 1 amide bonds. The maximum Gasteiger partial charge on any atom is 0.258 e. The highest BCUT2D eigenvalue weighted by Crippen LogP contribution is 2.29. The van der Waals surface area contributed by atoms with Crippen molar-refractivity contribution in [2.24, 2.45) is 5.92 Å². The van der Waals surface area contributed by atoms with Gasteiger partial charge in [0.05, 0.1) is 36.7 Å². The van der Waals surface area contributed by atoms with E-state index in [4.69, 9.17) is 9.47 Å². The highest BCUT2D eigenvalue weighted by Gasteiger charge is 2.32. The van der Waals surface area contributed by atoms with Crippen LogP contribution in [0.1, 0.15) is 50.4 Å². The minimum Gasteiger partial charge on any atom is -0.490 e. The monoisotopic (exact) mass is 631 g/mol. The number of hydrogen-bond acceptors (Lipinski definition) is 9. The van der Waals surface area contributed by atoms with Crippen LogP contribution in [0.15, 0.2) is 39.9 Å². The maximum absolute atomic E-state index is 14.0. The molecule has 0 saturated carbocycles. The number of nitrogens with one attached hydrogen (secondary N) is 1. The number of sulfonamides is 2. The second-order valence-corrected chi connectivity index (χ2v) is 15.6. The van der Waals surface area contributed by atoms with Gasteiger partial charge in [-0.2, -0.15) is 4.31 Å². The Balaban J connectivity index is 1.98. The third-order valence-electron chi connectivity index (χ3n) is 6.95. The lowest BCUT2D eigenvalue weighted by Gasteiger charge is -2.35. The third kappa shape index (κ3) is 9.13. The number of anilines is 1. The molecule has 11 nitrogen and oxygen atoms in total. The summed E-state index contributed by atoms with van der Waals surface area (Å²) in [5.74, 6) is -0.457. The van der Waals surface area contributed by atoms with E-state index in [-0.39, 0.29) is 47.2 Å². The summed E-state index contributed by atoms with van der Waals surface area (Å²) in [6.07, 6.45) is 2.46. The number of aliphatic hydroxyl groups excluding tert-OH is 1. The van der Waals surface area contributed by atoms with Crippen molar-refractivity contribution >= 4 is 43.0 Å². The number of likely N-dealkylation sites (N-methyl/N-ethyl adjacent to an activating group) is 1. The zero-order valence-electron chi connectivity index (χ0n) is 24.1. The number of aliphatic hydroxyl groups is 1. The number of fused-ring (bicyclic) bond motifs is 1. The van der Waals surface area contributed by atoms with Crippen molar-refractivity contribution in [1.29, 1.82) is 0 Å². The van der Waals surface area contributed by atoms with Crippen LogP contribution >= 0.6 is 11.3 Å². The summed E-state index contributed by atoms with van der Waals surface area (Å²) in [6.45, 7) is 5.81. The number of benzene rings is 1. The van der Waals surface area contributed by atoms with Gasteiger partial charge in [-0.05, 0) is 62.8 Å². The number of rotatable bonds is 8.